The highest BCUT2D eigenvalue weighted by Crippen LogP contribution is 2.49. The van der Waals surface area contributed by atoms with Gasteiger partial charge in [0.1, 0.15) is 17.5 Å². The molecule has 0 aliphatic heterocycles. The van der Waals surface area contributed by atoms with E-state index < -0.39 is 35.3 Å². The first-order valence-electron chi connectivity index (χ1n) is 7.32. The fourth-order valence-corrected chi connectivity index (χ4v) is 2.74. The zero-order valence-electron chi connectivity index (χ0n) is 12.4. The van der Waals surface area contributed by atoms with E-state index in [4.69, 9.17) is 0 Å². The van der Waals surface area contributed by atoms with Gasteiger partial charge in [0.05, 0.1) is 12.2 Å². The molecule has 0 saturated heterocycles. The molecule has 1 aromatic heterocycles. The Hall–Kier alpha value is -2.37. The number of aromatic nitrogens is 1. The zero-order valence-corrected chi connectivity index (χ0v) is 12.4. The molecule has 1 N–H and O–H groups in total. The molecular weight excluding hydrogens is 305 g/mol. The van der Waals surface area contributed by atoms with Crippen molar-refractivity contribution < 1.29 is 18.0 Å². The number of halogens is 3. The Morgan fingerprint density at radius 2 is 1.96 bits per heavy atom. The van der Waals surface area contributed by atoms with Crippen LogP contribution in [0.15, 0.2) is 36.7 Å². The molecule has 23 heavy (non-hydrogen) atoms. The summed E-state index contributed by atoms with van der Waals surface area (Å²) < 4.78 is 40.6. The number of nitrogens with zero attached hydrogens (tertiary/aromatic N) is 1. The minimum Gasteiger partial charge on any atom is -0.349 e. The van der Waals surface area contributed by atoms with Gasteiger partial charge in [-0.3, -0.25) is 9.78 Å². The average molecular weight is 320 g/mol. The SMILES string of the molecule is CC(NC(=O)C1CC1c1c(F)cccc1F)c1cncc(F)c1. The van der Waals surface area contributed by atoms with E-state index in [9.17, 15) is 18.0 Å². The minimum absolute atomic E-state index is 0.0345. The van der Waals surface area contributed by atoms with Crippen LogP contribution in [0.4, 0.5) is 13.2 Å². The quantitative estimate of drug-likeness (QED) is 0.937. The summed E-state index contributed by atoms with van der Waals surface area (Å²) in [6.45, 7) is 1.70. The summed E-state index contributed by atoms with van der Waals surface area (Å²) in [5.41, 5.74) is 0.500. The lowest BCUT2D eigenvalue weighted by Gasteiger charge is -2.14. The van der Waals surface area contributed by atoms with E-state index >= 15 is 0 Å². The molecule has 1 fully saturated rings. The second-order valence-corrected chi connectivity index (χ2v) is 5.75. The van der Waals surface area contributed by atoms with E-state index in [1.165, 1.54) is 30.5 Å². The first-order chi connectivity index (χ1) is 11.0. The van der Waals surface area contributed by atoms with Gasteiger partial charge in [0.25, 0.3) is 0 Å². The van der Waals surface area contributed by atoms with Crippen LogP contribution in [0.25, 0.3) is 0 Å². The van der Waals surface area contributed by atoms with Crippen LogP contribution in [-0.2, 0) is 4.79 Å². The highest BCUT2D eigenvalue weighted by Gasteiger charge is 2.46. The standard InChI is InChI=1S/C17H15F3N2O/c1-9(10-5-11(18)8-21-7-10)22-17(23)13-6-12(13)16-14(19)3-2-4-15(16)20/h2-5,7-9,12-13H,6H2,1H3,(H,22,23). The largest absolute Gasteiger partial charge is 0.349 e. The maximum absolute atomic E-state index is 13.7. The third-order valence-electron chi connectivity index (χ3n) is 4.08. The fraction of sp³-hybridized carbons (Fsp3) is 0.294. The molecule has 1 heterocycles. The number of rotatable bonds is 4. The van der Waals surface area contributed by atoms with Crippen LogP contribution in [0, 0.1) is 23.4 Å². The van der Waals surface area contributed by atoms with E-state index in [2.05, 4.69) is 10.3 Å². The smallest absolute Gasteiger partial charge is 0.224 e. The fourth-order valence-electron chi connectivity index (χ4n) is 2.74. The van der Waals surface area contributed by atoms with Crippen LogP contribution in [0.2, 0.25) is 0 Å². The molecule has 1 aromatic carbocycles. The van der Waals surface area contributed by atoms with Gasteiger partial charge in [-0.15, -0.1) is 0 Å². The van der Waals surface area contributed by atoms with E-state index in [1.54, 1.807) is 6.92 Å². The lowest BCUT2D eigenvalue weighted by atomic mass is 10.1. The van der Waals surface area contributed by atoms with Crippen molar-refractivity contribution in [2.45, 2.75) is 25.3 Å². The van der Waals surface area contributed by atoms with Crippen LogP contribution in [0.5, 0.6) is 0 Å². The molecule has 2 aromatic rings. The molecule has 3 atom stereocenters. The molecule has 1 saturated carbocycles. The van der Waals surface area contributed by atoms with Crippen molar-refractivity contribution in [2.75, 3.05) is 0 Å². The number of pyridine rings is 1. The molecule has 6 heteroatoms. The molecule has 3 rings (SSSR count). The Bertz CT molecular complexity index is 730. The van der Waals surface area contributed by atoms with Gasteiger partial charge in [-0.2, -0.15) is 0 Å². The molecule has 0 spiro atoms. The van der Waals surface area contributed by atoms with Gasteiger partial charge in [0.15, 0.2) is 0 Å². The molecular formula is C17H15F3N2O. The van der Waals surface area contributed by atoms with Crippen LogP contribution >= 0.6 is 0 Å². The van der Waals surface area contributed by atoms with Crippen LogP contribution in [0.3, 0.4) is 0 Å². The predicted molar refractivity (Wildman–Crippen MR) is 78.0 cm³/mol. The molecule has 0 radical (unpaired) electrons. The minimum atomic E-state index is -0.632. The summed E-state index contributed by atoms with van der Waals surface area (Å²) in [5, 5.41) is 2.73. The Labute approximate surface area is 131 Å². The normalized spacial score (nSPS) is 20.9. The first kappa shape index (κ1) is 15.5. The van der Waals surface area contributed by atoms with Crippen molar-refractivity contribution in [3.05, 3.63) is 65.2 Å². The van der Waals surface area contributed by atoms with Crippen molar-refractivity contribution in [1.29, 1.82) is 0 Å². The third-order valence-corrected chi connectivity index (χ3v) is 4.08. The Balaban J connectivity index is 1.67. The Morgan fingerprint density at radius 1 is 1.26 bits per heavy atom. The summed E-state index contributed by atoms with van der Waals surface area (Å²) in [6, 6.07) is 4.53. The van der Waals surface area contributed by atoms with E-state index in [0.29, 0.717) is 12.0 Å². The van der Waals surface area contributed by atoms with E-state index in [-0.39, 0.29) is 11.5 Å². The van der Waals surface area contributed by atoms with Crippen LogP contribution < -0.4 is 5.32 Å². The van der Waals surface area contributed by atoms with Gasteiger partial charge in [0.2, 0.25) is 5.91 Å². The van der Waals surface area contributed by atoms with Gasteiger partial charge in [-0.1, -0.05) is 6.07 Å². The molecule has 1 aliphatic rings. The van der Waals surface area contributed by atoms with Gasteiger partial charge in [-0.25, -0.2) is 13.2 Å². The monoisotopic (exact) mass is 320 g/mol. The van der Waals surface area contributed by atoms with Crippen molar-refractivity contribution in [1.82, 2.24) is 10.3 Å². The second kappa shape index (κ2) is 6.02. The third kappa shape index (κ3) is 3.21. The number of nitrogens with one attached hydrogen (secondary N) is 1. The Kier molecular flexibility index (Phi) is 4.07. The number of carbonyl (C=O) groups excluding carboxylic acids is 1. The van der Waals surface area contributed by atoms with Gasteiger partial charge in [-0.05, 0) is 37.1 Å². The maximum atomic E-state index is 13.7. The van der Waals surface area contributed by atoms with Crippen molar-refractivity contribution >= 4 is 5.91 Å². The second-order valence-electron chi connectivity index (χ2n) is 5.75. The number of benzene rings is 1. The summed E-state index contributed by atoms with van der Waals surface area (Å²) >= 11 is 0. The summed E-state index contributed by atoms with van der Waals surface area (Å²) in [6.07, 6.45) is 2.95. The van der Waals surface area contributed by atoms with Gasteiger partial charge >= 0.3 is 0 Å². The molecule has 3 unspecified atom stereocenters. The lowest BCUT2D eigenvalue weighted by molar-refractivity contribution is -0.123. The Morgan fingerprint density at radius 3 is 2.61 bits per heavy atom. The molecule has 0 bridgehead atoms. The summed E-state index contributed by atoms with van der Waals surface area (Å²) in [4.78, 5) is 15.9. The van der Waals surface area contributed by atoms with Crippen molar-refractivity contribution in [3.63, 3.8) is 0 Å². The lowest BCUT2D eigenvalue weighted by Crippen LogP contribution is -2.28. The van der Waals surface area contributed by atoms with Crippen LogP contribution in [0.1, 0.15) is 36.4 Å². The predicted octanol–water partition coefficient (Wildman–Crippen LogP) is 3.48. The summed E-state index contributed by atoms with van der Waals surface area (Å²) in [7, 11) is 0. The number of carbonyl (C=O) groups is 1. The highest BCUT2D eigenvalue weighted by molar-refractivity contribution is 5.83. The molecule has 1 aliphatic carbocycles. The topological polar surface area (TPSA) is 42.0 Å². The maximum Gasteiger partial charge on any atom is 0.224 e. The van der Waals surface area contributed by atoms with Gasteiger partial charge < -0.3 is 5.32 Å². The van der Waals surface area contributed by atoms with Crippen molar-refractivity contribution in [2.24, 2.45) is 5.92 Å². The van der Waals surface area contributed by atoms with E-state index in [0.717, 1.165) is 6.20 Å². The number of hydrogen-bond acceptors (Lipinski definition) is 2. The molecule has 3 nitrogen and oxygen atoms in total. The van der Waals surface area contributed by atoms with E-state index in [1.807, 2.05) is 0 Å². The first-order valence-corrected chi connectivity index (χ1v) is 7.32. The summed E-state index contributed by atoms with van der Waals surface area (Å²) in [5.74, 6) is -2.96. The van der Waals surface area contributed by atoms with Gasteiger partial charge in [0, 0.05) is 23.6 Å². The molecule has 120 valence electrons. The average Bonchev–Trinajstić information content (AvgIpc) is 3.27. The molecule has 1 amide bonds. The number of amides is 1. The number of hydrogen-bond donors (Lipinski definition) is 1. The van der Waals surface area contributed by atoms with Crippen LogP contribution in [-0.4, -0.2) is 10.9 Å². The highest BCUT2D eigenvalue weighted by atomic mass is 19.1. The van der Waals surface area contributed by atoms with Crippen molar-refractivity contribution in [3.8, 4) is 0 Å². The zero-order chi connectivity index (χ0) is 16.6.